The molecule has 1 atom stereocenters. The van der Waals surface area contributed by atoms with Crippen LogP contribution in [0.2, 0.25) is 0 Å². The van der Waals surface area contributed by atoms with Crippen LogP contribution in [-0.4, -0.2) is 23.7 Å². The quantitative estimate of drug-likeness (QED) is 0.508. The molecule has 1 aliphatic rings. The lowest BCUT2D eigenvalue weighted by atomic mass is 10.0. The molecule has 5 nitrogen and oxygen atoms in total. The molecular formula is C15H11N3O2. The molecule has 0 aliphatic carbocycles. The summed E-state index contributed by atoms with van der Waals surface area (Å²) in [6, 6.07) is 9.75. The molecule has 98 valence electrons. The van der Waals surface area contributed by atoms with Crippen molar-refractivity contribution in [2.75, 3.05) is 11.5 Å². The van der Waals surface area contributed by atoms with Crippen LogP contribution in [0.4, 0.5) is 5.69 Å². The molecule has 1 aliphatic heterocycles. The van der Waals surface area contributed by atoms with Crippen LogP contribution in [0.15, 0.2) is 42.5 Å². The number of nitrogens with zero attached hydrogens (tertiary/aromatic N) is 3. The largest absolute Gasteiger partial charge is 0.394 e. The predicted octanol–water partition coefficient (Wildman–Crippen LogP) is 1.38. The smallest absolute Gasteiger partial charge is 0.261 e. The van der Waals surface area contributed by atoms with Crippen LogP contribution in [0.5, 0.6) is 0 Å². The van der Waals surface area contributed by atoms with Crippen LogP contribution in [0.25, 0.3) is 5.57 Å². The van der Waals surface area contributed by atoms with E-state index in [9.17, 15) is 9.90 Å². The number of rotatable bonds is 3. The Labute approximate surface area is 116 Å². The second kappa shape index (κ2) is 5.40. The Bertz CT molecular complexity index is 676. The van der Waals surface area contributed by atoms with Gasteiger partial charge < -0.3 is 5.11 Å². The third-order valence-electron chi connectivity index (χ3n) is 3.13. The van der Waals surface area contributed by atoms with E-state index in [-0.39, 0.29) is 17.8 Å². The van der Waals surface area contributed by atoms with Crippen LogP contribution in [0.1, 0.15) is 5.56 Å². The van der Waals surface area contributed by atoms with Crippen molar-refractivity contribution in [3.05, 3.63) is 48.1 Å². The molecule has 0 saturated carbocycles. The maximum atomic E-state index is 12.5. The van der Waals surface area contributed by atoms with Crippen molar-refractivity contribution in [1.29, 1.82) is 10.5 Å². The lowest BCUT2D eigenvalue weighted by Gasteiger charge is -2.23. The Balaban J connectivity index is 2.72. The molecule has 5 heteroatoms. The molecular weight excluding hydrogens is 254 g/mol. The van der Waals surface area contributed by atoms with Crippen molar-refractivity contribution in [2.24, 2.45) is 0 Å². The molecule has 0 fully saturated rings. The van der Waals surface area contributed by atoms with Gasteiger partial charge in [0.2, 0.25) is 0 Å². The number of aliphatic hydroxyl groups excluding tert-OH is 1. The maximum absolute atomic E-state index is 12.5. The highest BCUT2D eigenvalue weighted by Gasteiger charge is 2.37. The number of hydrogen-bond donors (Lipinski definition) is 1. The average Bonchev–Trinajstić information content (AvgIpc) is 2.76. The van der Waals surface area contributed by atoms with Gasteiger partial charge in [-0.15, -0.1) is 6.58 Å². The zero-order valence-corrected chi connectivity index (χ0v) is 10.6. The lowest BCUT2D eigenvalue weighted by molar-refractivity contribution is -0.113. The standard InChI is InChI=1S/C15H11N3O2/c1-2-11(9-19)18-13-6-4-3-5-12(13)14(15(18)20)10(7-16)8-17/h2-6,11,19H,1,9H2/t11-/m0/s1. The van der Waals surface area contributed by atoms with E-state index in [1.54, 1.807) is 36.4 Å². The van der Waals surface area contributed by atoms with Crippen molar-refractivity contribution in [2.45, 2.75) is 6.04 Å². The number of carbonyl (C=O) groups excluding carboxylic acids is 1. The number of anilines is 1. The summed E-state index contributed by atoms with van der Waals surface area (Å²) < 4.78 is 0. The molecule has 2 rings (SSSR count). The molecule has 0 radical (unpaired) electrons. The second-order valence-corrected chi connectivity index (χ2v) is 4.15. The van der Waals surface area contributed by atoms with Crippen LogP contribution in [0.3, 0.4) is 0 Å². The first kappa shape index (κ1) is 13.5. The number of carbonyl (C=O) groups is 1. The van der Waals surface area contributed by atoms with Gasteiger partial charge in [0.05, 0.1) is 23.9 Å². The van der Waals surface area contributed by atoms with Gasteiger partial charge in [0.25, 0.3) is 5.91 Å². The van der Waals surface area contributed by atoms with Gasteiger partial charge >= 0.3 is 0 Å². The number of benzene rings is 1. The number of aliphatic hydroxyl groups is 1. The van der Waals surface area contributed by atoms with Gasteiger partial charge in [-0.2, -0.15) is 10.5 Å². The molecule has 0 unspecified atom stereocenters. The van der Waals surface area contributed by atoms with Gasteiger partial charge in [-0.1, -0.05) is 24.3 Å². The van der Waals surface area contributed by atoms with Crippen molar-refractivity contribution in [1.82, 2.24) is 0 Å². The van der Waals surface area contributed by atoms with Crippen LogP contribution in [0, 0.1) is 22.7 Å². The Morgan fingerprint density at radius 1 is 1.40 bits per heavy atom. The number of allylic oxidation sites excluding steroid dienone is 1. The minimum atomic E-state index is -0.597. The van der Waals surface area contributed by atoms with E-state index in [2.05, 4.69) is 6.58 Å². The van der Waals surface area contributed by atoms with Gasteiger partial charge in [0.15, 0.2) is 0 Å². The minimum absolute atomic E-state index is 0.0749. The highest BCUT2D eigenvalue weighted by Crippen LogP contribution is 2.39. The third-order valence-corrected chi connectivity index (χ3v) is 3.13. The fourth-order valence-electron chi connectivity index (χ4n) is 2.21. The highest BCUT2D eigenvalue weighted by atomic mass is 16.3. The summed E-state index contributed by atoms with van der Waals surface area (Å²) in [5.74, 6) is -0.469. The van der Waals surface area contributed by atoms with Crippen LogP contribution in [-0.2, 0) is 4.79 Å². The summed E-state index contributed by atoms with van der Waals surface area (Å²) >= 11 is 0. The normalized spacial score (nSPS) is 14.2. The van der Waals surface area contributed by atoms with Crippen molar-refractivity contribution in [3.8, 4) is 12.1 Å². The zero-order chi connectivity index (χ0) is 14.7. The van der Waals surface area contributed by atoms with E-state index < -0.39 is 11.9 Å². The van der Waals surface area contributed by atoms with Crippen LogP contribution < -0.4 is 4.90 Å². The lowest BCUT2D eigenvalue weighted by Crippen LogP contribution is -2.38. The topological polar surface area (TPSA) is 88.1 Å². The summed E-state index contributed by atoms with van der Waals surface area (Å²) in [7, 11) is 0. The molecule has 20 heavy (non-hydrogen) atoms. The van der Waals surface area contributed by atoms with E-state index in [0.29, 0.717) is 11.3 Å². The molecule has 0 spiro atoms. The second-order valence-electron chi connectivity index (χ2n) is 4.15. The molecule has 0 saturated heterocycles. The Hall–Kier alpha value is -2.89. The maximum Gasteiger partial charge on any atom is 0.261 e. The van der Waals surface area contributed by atoms with E-state index in [1.165, 1.54) is 11.0 Å². The Morgan fingerprint density at radius 2 is 2.05 bits per heavy atom. The first-order chi connectivity index (χ1) is 9.69. The highest BCUT2D eigenvalue weighted by molar-refractivity contribution is 6.34. The summed E-state index contributed by atoms with van der Waals surface area (Å²) in [5, 5.41) is 27.4. The average molecular weight is 265 g/mol. The number of para-hydroxylation sites is 1. The summed E-state index contributed by atoms with van der Waals surface area (Å²) in [6.45, 7) is 3.31. The molecule has 0 bridgehead atoms. The number of fused-ring (bicyclic) bond motifs is 1. The first-order valence-corrected chi connectivity index (χ1v) is 5.90. The molecule has 1 aromatic rings. The summed E-state index contributed by atoms with van der Waals surface area (Å²) in [6.07, 6.45) is 1.45. The third kappa shape index (κ3) is 1.87. The monoisotopic (exact) mass is 265 g/mol. The van der Waals surface area contributed by atoms with E-state index in [0.717, 1.165) is 0 Å². The fraction of sp³-hybridized carbons (Fsp3) is 0.133. The first-order valence-electron chi connectivity index (χ1n) is 5.90. The molecule has 1 amide bonds. The van der Waals surface area contributed by atoms with Gasteiger partial charge in [0, 0.05) is 5.56 Å². The van der Waals surface area contributed by atoms with E-state index in [1.807, 2.05) is 0 Å². The van der Waals surface area contributed by atoms with Gasteiger partial charge in [0.1, 0.15) is 17.7 Å². The summed E-state index contributed by atoms with van der Waals surface area (Å²) in [5.41, 5.74) is 0.932. The minimum Gasteiger partial charge on any atom is -0.394 e. The predicted molar refractivity (Wildman–Crippen MR) is 73.1 cm³/mol. The van der Waals surface area contributed by atoms with Crippen molar-refractivity contribution < 1.29 is 9.90 Å². The van der Waals surface area contributed by atoms with Gasteiger partial charge in [-0.25, -0.2) is 0 Å². The van der Waals surface area contributed by atoms with E-state index in [4.69, 9.17) is 10.5 Å². The van der Waals surface area contributed by atoms with Crippen molar-refractivity contribution >= 4 is 17.2 Å². The van der Waals surface area contributed by atoms with E-state index >= 15 is 0 Å². The summed E-state index contributed by atoms with van der Waals surface area (Å²) in [4.78, 5) is 13.8. The van der Waals surface area contributed by atoms with Gasteiger partial charge in [-0.05, 0) is 6.07 Å². The Morgan fingerprint density at radius 3 is 2.60 bits per heavy atom. The van der Waals surface area contributed by atoms with Gasteiger partial charge in [-0.3, -0.25) is 9.69 Å². The Kier molecular flexibility index (Phi) is 3.65. The molecule has 1 heterocycles. The number of nitriles is 2. The zero-order valence-electron chi connectivity index (χ0n) is 10.6. The fourth-order valence-corrected chi connectivity index (χ4v) is 2.21. The van der Waals surface area contributed by atoms with Crippen LogP contribution >= 0.6 is 0 Å². The molecule has 0 aromatic heterocycles. The SMILES string of the molecule is C=C[C@@H](CO)N1C(=O)C(=C(C#N)C#N)c2ccccc21. The molecule has 1 aromatic carbocycles. The number of amides is 1. The molecule has 1 N–H and O–H groups in total. The van der Waals surface area contributed by atoms with Crippen molar-refractivity contribution in [3.63, 3.8) is 0 Å². The number of hydrogen-bond acceptors (Lipinski definition) is 4.